The molecule has 0 aliphatic carbocycles. The Morgan fingerprint density at radius 1 is 0.808 bits per heavy atom. The Hall–Kier alpha value is -2.58. The highest BCUT2D eigenvalue weighted by atomic mass is 16.5. The van der Waals surface area contributed by atoms with Crippen molar-refractivity contribution < 1.29 is 27.9 Å². The second-order valence-electron chi connectivity index (χ2n) is 5.91. The number of esters is 2. The molecule has 26 heavy (non-hydrogen) atoms. The van der Waals surface area contributed by atoms with Crippen LogP contribution in [0.2, 0.25) is 0 Å². The third kappa shape index (κ3) is 5.21. The number of nitrogens with zero attached hydrogens (tertiary/aromatic N) is 2. The Morgan fingerprint density at radius 3 is 1.58 bits per heavy atom. The number of carbonyl (C=O) groups excluding carboxylic acids is 2. The lowest BCUT2D eigenvalue weighted by atomic mass is 10.3. The first-order valence-corrected chi connectivity index (χ1v) is 8.58. The lowest BCUT2D eigenvalue weighted by molar-refractivity contribution is 0.0322. The van der Waals surface area contributed by atoms with Gasteiger partial charge in [-0.3, -0.25) is 9.80 Å². The minimum absolute atomic E-state index is 0.221. The van der Waals surface area contributed by atoms with Crippen molar-refractivity contribution in [3.63, 3.8) is 0 Å². The van der Waals surface area contributed by atoms with Crippen molar-refractivity contribution in [3.05, 3.63) is 48.3 Å². The summed E-state index contributed by atoms with van der Waals surface area (Å²) >= 11 is 0. The molecule has 8 heteroatoms. The van der Waals surface area contributed by atoms with E-state index in [9.17, 15) is 9.59 Å². The number of piperazine rings is 1. The molecule has 0 radical (unpaired) electrons. The second-order valence-corrected chi connectivity index (χ2v) is 5.91. The molecule has 1 saturated heterocycles. The Bertz CT molecular complexity index is 614. The van der Waals surface area contributed by atoms with Crippen LogP contribution in [0.3, 0.4) is 0 Å². The molecule has 3 rings (SSSR count). The highest BCUT2D eigenvalue weighted by Gasteiger charge is 2.18. The van der Waals surface area contributed by atoms with E-state index >= 15 is 0 Å². The predicted molar refractivity (Wildman–Crippen MR) is 90.9 cm³/mol. The maximum Gasteiger partial charge on any atom is 0.374 e. The van der Waals surface area contributed by atoms with E-state index in [1.54, 1.807) is 24.3 Å². The lowest BCUT2D eigenvalue weighted by Gasteiger charge is -2.34. The van der Waals surface area contributed by atoms with E-state index in [0.29, 0.717) is 26.3 Å². The largest absolute Gasteiger partial charge is 0.458 e. The Labute approximate surface area is 151 Å². The van der Waals surface area contributed by atoms with Crippen LogP contribution in [0.4, 0.5) is 0 Å². The topological polar surface area (TPSA) is 85.4 Å². The van der Waals surface area contributed by atoms with Gasteiger partial charge in [0.2, 0.25) is 11.5 Å². The zero-order chi connectivity index (χ0) is 18.2. The van der Waals surface area contributed by atoms with Gasteiger partial charge >= 0.3 is 11.9 Å². The van der Waals surface area contributed by atoms with Crippen LogP contribution >= 0.6 is 0 Å². The van der Waals surface area contributed by atoms with E-state index in [-0.39, 0.29) is 11.5 Å². The van der Waals surface area contributed by atoms with Crippen molar-refractivity contribution in [1.29, 1.82) is 0 Å². The van der Waals surface area contributed by atoms with Crippen molar-refractivity contribution in [3.8, 4) is 0 Å². The molecule has 0 atom stereocenters. The third-order valence-corrected chi connectivity index (χ3v) is 4.19. The number of hydrogen-bond acceptors (Lipinski definition) is 8. The molecule has 0 unspecified atom stereocenters. The van der Waals surface area contributed by atoms with E-state index in [2.05, 4.69) is 9.80 Å². The van der Waals surface area contributed by atoms with Crippen LogP contribution in [-0.2, 0) is 9.47 Å². The summed E-state index contributed by atoms with van der Waals surface area (Å²) < 4.78 is 20.4. The van der Waals surface area contributed by atoms with Gasteiger partial charge in [0, 0.05) is 39.3 Å². The van der Waals surface area contributed by atoms with Crippen molar-refractivity contribution in [1.82, 2.24) is 9.80 Å². The first-order chi connectivity index (χ1) is 12.7. The van der Waals surface area contributed by atoms with Crippen LogP contribution < -0.4 is 0 Å². The van der Waals surface area contributed by atoms with Crippen molar-refractivity contribution in [2.24, 2.45) is 0 Å². The van der Waals surface area contributed by atoms with E-state index < -0.39 is 11.9 Å². The molecule has 8 nitrogen and oxygen atoms in total. The molecule has 2 aromatic heterocycles. The molecule has 0 N–H and O–H groups in total. The van der Waals surface area contributed by atoms with Crippen molar-refractivity contribution in [2.75, 3.05) is 52.5 Å². The molecule has 0 amide bonds. The molecule has 0 bridgehead atoms. The summed E-state index contributed by atoms with van der Waals surface area (Å²) in [7, 11) is 0. The molecular weight excluding hydrogens is 340 g/mol. The van der Waals surface area contributed by atoms with Gasteiger partial charge < -0.3 is 18.3 Å². The predicted octanol–water partition coefficient (Wildman–Crippen LogP) is 1.50. The first-order valence-electron chi connectivity index (χ1n) is 8.58. The number of furan rings is 2. The summed E-state index contributed by atoms with van der Waals surface area (Å²) in [5.41, 5.74) is 0. The molecule has 1 aliphatic rings. The van der Waals surface area contributed by atoms with Gasteiger partial charge in [-0.1, -0.05) is 0 Å². The summed E-state index contributed by atoms with van der Waals surface area (Å²) in [4.78, 5) is 27.8. The molecule has 2 aromatic rings. The molecule has 140 valence electrons. The van der Waals surface area contributed by atoms with Crippen LogP contribution in [0.1, 0.15) is 21.1 Å². The monoisotopic (exact) mass is 362 g/mol. The zero-order valence-electron chi connectivity index (χ0n) is 14.5. The summed E-state index contributed by atoms with van der Waals surface area (Å²) in [6, 6.07) is 6.48. The van der Waals surface area contributed by atoms with Crippen LogP contribution in [-0.4, -0.2) is 74.2 Å². The highest BCUT2D eigenvalue weighted by molar-refractivity contribution is 5.86. The van der Waals surface area contributed by atoms with E-state index in [0.717, 1.165) is 26.2 Å². The Balaban J connectivity index is 1.26. The minimum Gasteiger partial charge on any atom is -0.458 e. The second kappa shape index (κ2) is 9.21. The van der Waals surface area contributed by atoms with Crippen molar-refractivity contribution >= 4 is 11.9 Å². The van der Waals surface area contributed by atoms with Gasteiger partial charge in [-0.05, 0) is 24.3 Å². The number of rotatable bonds is 8. The summed E-state index contributed by atoms with van der Waals surface area (Å²) in [5.74, 6) is -0.433. The average Bonchev–Trinajstić information content (AvgIpc) is 3.37. The van der Waals surface area contributed by atoms with Crippen LogP contribution in [0.5, 0.6) is 0 Å². The fraction of sp³-hybridized carbons (Fsp3) is 0.444. The van der Waals surface area contributed by atoms with Gasteiger partial charge in [-0.15, -0.1) is 0 Å². The Kier molecular flexibility index (Phi) is 6.45. The lowest BCUT2D eigenvalue weighted by Crippen LogP contribution is -2.48. The maximum absolute atomic E-state index is 11.7. The smallest absolute Gasteiger partial charge is 0.374 e. The molecular formula is C18H22N2O6. The fourth-order valence-corrected chi connectivity index (χ4v) is 2.70. The SMILES string of the molecule is O=C(OCCN1CCN(CCOC(=O)c2ccco2)CC1)c1ccco1. The van der Waals surface area contributed by atoms with E-state index in [4.69, 9.17) is 18.3 Å². The van der Waals surface area contributed by atoms with Crippen molar-refractivity contribution in [2.45, 2.75) is 0 Å². The van der Waals surface area contributed by atoms with Gasteiger partial charge in [0.05, 0.1) is 12.5 Å². The fourth-order valence-electron chi connectivity index (χ4n) is 2.70. The Morgan fingerprint density at radius 2 is 1.23 bits per heavy atom. The number of hydrogen-bond donors (Lipinski definition) is 0. The molecule has 0 aromatic carbocycles. The van der Waals surface area contributed by atoms with E-state index in [1.807, 2.05) is 0 Å². The molecule has 0 spiro atoms. The molecule has 0 saturated carbocycles. The number of carbonyl (C=O) groups is 2. The van der Waals surface area contributed by atoms with Crippen LogP contribution in [0.25, 0.3) is 0 Å². The molecule has 3 heterocycles. The van der Waals surface area contributed by atoms with Gasteiger partial charge in [0.1, 0.15) is 13.2 Å². The van der Waals surface area contributed by atoms with Gasteiger partial charge in [0.15, 0.2) is 0 Å². The van der Waals surface area contributed by atoms with E-state index in [1.165, 1.54) is 12.5 Å². The van der Waals surface area contributed by atoms with Gasteiger partial charge in [-0.2, -0.15) is 0 Å². The van der Waals surface area contributed by atoms with Gasteiger partial charge in [0.25, 0.3) is 0 Å². The zero-order valence-corrected chi connectivity index (χ0v) is 14.5. The summed E-state index contributed by atoms with van der Waals surface area (Å²) in [5, 5.41) is 0. The summed E-state index contributed by atoms with van der Waals surface area (Å²) in [6.45, 7) is 5.56. The highest BCUT2D eigenvalue weighted by Crippen LogP contribution is 2.05. The maximum atomic E-state index is 11.7. The molecule has 1 fully saturated rings. The quantitative estimate of drug-likeness (QED) is 0.653. The molecule has 1 aliphatic heterocycles. The van der Waals surface area contributed by atoms with Gasteiger partial charge in [-0.25, -0.2) is 9.59 Å². The summed E-state index contributed by atoms with van der Waals surface area (Å²) in [6.07, 6.45) is 2.89. The minimum atomic E-state index is -0.438. The first kappa shape index (κ1) is 18.2. The normalized spacial score (nSPS) is 15.7. The number of ether oxygens (including phenoxy) is 2. The van der Waals surface area contributed by atoms with Crippen LogP contribution in [0.15, 0.2) is 45.6 Å². The third-order valence-electron chi connectivity index (χ3n) is 4.19. The van der Waals surface area contributed by atoms with Crippen LogP contribution in [0, 0.1) is 0 Å². The standard InChI is InChI=1S/C18H22N2O6/c21-17(15-3-1-11-23-15)25-13-9-19-5-7-20(8-6-19)10-14-26-18(22)16-4-2-12-24-16/h1-4,11-12H,5-10,13-14H2. The average molecular weight is 362 g/mol.